The van der Waals surface area contributed by atoms with Gasteiger partial charge in [0.15, 0.2) is 10.8 Å². The van der Waals surface area contributed by atoms with E-state index in [2.05, 4.69) is 28.9 Å². The number of benzene rings is 1. The van der Waals surface area contributed by atoms with E-state index >= 15 is 0 Å². The molecule has 19 heavy (non-hydrogen) atoms. The van der Waals surface area contributed by atoms with Gasteiger partial charge in [0.05, 0.1) is 0 Å². The Morgan fingerprint density at radius 2 is 2.26 bits per heavy atom. The number of thiazole rings is 1. The molecule has 0 aliphatic carbocycles. The number of aromatic nitrogens is 1. The molecule has 0 spiro atoms. The van der Waals surface area contributed by atoms with Crippen LogP contribution >= 0.6 is 11.3 Å². The van der Waals surface area contributed by atoms with Gasteiger partial charge in [0, 0.05) is 17.6 Å². The number of rotatable bonds is 2. The van der Waals surface area contributed by atoms with E-state index < -0.39 is 5.97 Å². The summed E-state index contributed by atoms with van der Waals surface area (Å²) in [5, 5.41) is 11.3. The fourth-order valence-electron chi connectivity index (χ4n) is 2.46. The molecule has 0 saturated carbocycles. The van der Waals surface area contributed by atoms with Crippen molar-refractivity contribution in [3.05, 3.63) is 40.9 Å². The van der Waals surface area contributed by atoms with Crippen LogP contribution in [0.25, 0.3) is 0 Å². The van der Waals surface area contributed by atoms with Crippen LogP contribution in [0, 0.1) is 5.92 Å². The maximum absolute atomic E-state index is 10.9. The van der Waals surface area contributed by atoms with Gasteiger partial charge in [0.1, 0.15) is 0 Å². The van der Waals surface area contributed by atoms with Crippen LogP contribution in [-0.4, -0.2) is 22.6 Å². The second-order valence-corrected chi connectivity index (χ2v) is 5.71. The first kappa shape index (κ1) is 12.2. The van der Waals surface area contributed by atoms with Crippen molar-refractivity contribution in [2.45, 2.75) is 13.3 Å². The van der Waals surface area contributed by atoms with Crippen molar-refractivity contribution >= 4 is 28.1 Å². The number of carboxylic acid groups (broad SMARTS) is 1. The highest BCUT2D eigenvalue weighted by atomic mass is 32.1. The van der Waals surface area contributed by atoms with E-state index in [4.69, 9.17) is 5.11 Å². The molecule has 1 aliphatic rings. The molecule has 1 N–H and O–H groups in total. The van der Waals surface area contributed by atoms with Gasteiger partial charge in [-0.1, -0.05) is 25.1 Å². The summed E-state index contributed by atoms with van der Waals surface area (Å²) in [7, 11) is 0. The van der Waals surface area contributed by atoms with Gasteiger partial charge in [-0.2, -0.15) is 0 Å². The lowest BCUT2D eigenvalue weighted by Gasteiger charge is -2.32. The van der Waals surface area contributed by atoms with Crippen LogP contribution in [-0.2, 0) is 6.42 Å². The highest BCUT2D eigenvalue weighted by molar-refractivity contribution is 7.14. The lowest BCUT2D eigenvalue weighted by Crippen LogP contribution is -2.30. The summed E-state index contributed by atoms with van der Waals surface area (Å²) in [6.45, 7) is 3.08. The van der Waals surface area contributed by atoms with E-state index in [-0.39, 0.29) is 5.69 Å². The van der Waals surface area contributed by atoms with Gasteiger partial charge in [-0.15, -0.1) is 11.3 Å². The third kappa shape index (κ3) is 2.21. The summed E-state index contributed by atoms with van der Waals surface area (Å²) >= 11 is 1.38. The fourth-order valence-corrected chi connectivity index (χ4v) is 3.29. The first-order valence-electron chi connectivity index (χ1n) is 6.19. The van der Waals surface area contributed by atoms with Gasteiger partial charge in [-0.05, 0) is 24.0 Å². The van der Waals surface area contributed by atoms with Crippen LogP contribution in [0.4, 0.5) is 10.8 Å². The Bertz CT molecular complexity index is 623. The quantitative estimate of drug-likeness (QED) is 0.914. The predicted octanol–water partition coefficient (Wildman–Crippen LogP) is 3.17. The molecule has 5 heteroatoms. The molecule has 3 rings (SSSR count). The topological polar surface area (TPSA) is 53.4 Å². The van der Waals surface area contributed by atoms with Gasteiger partial charge in [-0.25, -0.2) is 9.78 Å². The SMILES string of the molecule is CC1Cc2ccccc2N(c2nc(C(=O)O)cs2)C1. The van der Waals surface area contributed by atoms with E-state index in [9.17, 15) is 4.79 Å². The normalized spacial score (nSPS) is 18.2. The van der Waals surface area contributed by atoms with Crippen LogP contribution in [0.1, 0.15) is 23.0 Å². The Morgan fingerprint density at radius 1 is 1.47 bits per heavy atom. The summed E-state index contributed by atoms with van der Waals surface area (Å²) in [6, 6.07) is 8.25. The summed E-state index contributed by atoms with van der Waals surface area (Å²) in [5.41, 5.74) is 2.57. The average Bonchev–Trinajstić information content (AvgIpc) is 2.87. The number of para-hydroxylation sites is 1. The zero-order valence-corrected chi connectivity index (χ0v) is 11.4. The van der Waals surface area contributed by atoms with Crippen LogP contribution in [0.2, 0.25) is 0 Å². The first-order chi connectivity index (χ1) is 9.15. The zero-order valence-electron chi connectivity index (χ0n) is 10.5. The number of fused-ring (bicyclic) bond motifs is 1. The third-order valence-corrected chi connectivity index (χ3v) is 4.15. The summed E-state index contributed by atoms with van der Waals surface area (Å²) in [4.78, 5) is 17.3. The molecule has 0 bridgehead atoms. The van der Waals surface area contributed by atoms with Crippen molar-refractivity contribution < 1.29 is 9.90 Å². The van der Waals surface area contributed by atoms with Crippen LogP contribution in [0.5, 0.6) is 0 Å². The maximum Gasteiger partial charge on any atom is 0.355 e. The molecule has 1 aromatic heterocycles. The van der Waals surface area contributed by atoms with E-state index in [1.165, 1.54) is 16.9 Å². The highest BCUT2D eigenvalue weighted by Gasteiger charge is 2.25. The molecule has 1 unspecified atom stereocenters. The molecule has 0 saturated heterocycles. The molecular formula is C14H14N2O2S. The molecule has 0 radical (unpaired) electrons. The molecule has 1 aromatic carbocycles. The monoisotopic (exact) mass is 274 g/mol. The number of anilines is 2. The summed E-state index contributed by atoms with van der Waals surface area (Å²) < 4.78 is 0. The fraction of sp³-hybridized carbons (Fsp3) is 0.286. The number of hydrogen-bond donors (Lipinski definition) is 1. The average molecular weight is 274 g/mol. The smallest absolute Gasteiger partial charge is 0.355 e. The van der Waals surface area contributed by atoms with Crippen molar-refractivity contribution in [1.29, 1.82) is 0 Å². The molecule has 0 fully saturated rings. The standard InChI is InChI=1S/C14H14N2O2S/c1-9-6-10-4-2-3-5-12(10)16(7-9)14-15-11(8-19-14)13(17)18/h2-5,8-9H,6-7H2,1H3,(H,17,18). The minimum Gasteiger partial charge on any atom is -0.476 e. The molecule has 0 amide bonds. The Kier molecular flexibility index (Phi) is 2.98. The van der Waals surface area contributed by atoms with Crippen molar-refractivity contribution in [2.24, 2.45) is 5.92 Å². The lowest BCUT2D eigenvalue weighted by molar-refractivity contribution is 0.0691. The Hall–Kier alpha value is -1.88. The molecule has 1 atom stereocenters. The Labute approximate surface area is 115 Å². The number of carbonyl (C=O) groups is 1. The molecule has 1 aliphatic heterocycles. The second-order valence-electron chi connectivity index (χ2n) is 4.87. The molecule has 2 heterocycles. The largest absolute Gasteiger partial charge is 0.476 e. The van der Waals surface area contributed by atoms with E-state index in [1.807, 2.05) is 12.1 Å². The second kappa shape index (κ2) is 4.66. The van der Waals surface area contributed by atoms with Crippen molar-refractivity contribution in [1.82, 2.24) is 4.98 Å². The molecule has 98 valence electrons. The molecular weight excluding hydrogens is 260 g/mol. The lowest BCUT2D eigenvalue weighted by atomic mass is 9.94. The van der Waals surface area contributed by atoms with Crippen molar-refractivity contribution in [3.8, 4) is 0 Å². The van der Waals surface area contributed by atoms with Crippen LogP contribution in [0.15, 0.2) is 29.6 Å². The van der Waals surface area contributed by atoms with Gasteiger partial charge >= 0.3 is 5.97 Å². The van der Waals surface area contributed by atoms with Gasteiger partial charge in [0.2, 0.25) is 0 Å². The van der Waals surface area contributed by atoms with Crippen molar-refractivity contribution in [3.63, 3.8) is 0 Å². The van der Waals surface area contributed by atoms with Gasteiger partial charge in [-0.3, -0.25) is 0 Å². The number of nitrogens with zero attached hydrogens (tertiary/aromatic N) is 2. The summed E-state index contributed by atoms with van der Waals surface area (Å²) in [6.07, 6.45) is 1.06. The minimum atomic E-state index is -0.971. The number of carboxylic acids is 1. The zero-order chi connectivity index (χ0) is 13.4. The number of hydrogen-bond acceptors (Lipinski definition) is 4. The number of aromatic carboxylic acids is 1. The van der Waals surface area contributed by atoms with E-state index in [1.54, 1.807) is 5.38 Å². The Morgan fingerprint density at radius 3 is 3.00 bits per heavy atom. The van der Waals surface area contributed by atoms with Gasteiger partial charge in [0.25, 0.3) is 0 Å². The first-order valence-corrected chi connectivity index (χ1v) is 7.07. The summed E-state index contributed by atoms with van der Waals surface area (Å²) in [5.74, 6) is -0.437. The Balaban J connectivity index is 2.02. The molecule has 2 aromatic rings. The van der Waals surface area contributed by atoms with E-state index in [0.29, 0.717) is 5.92 Å². The predicted molar refractivity (Wildman–Crippen MR) is 75.4 cm³/mol. The minimum absolute atomic E-state index is 0.121. The van der Waals surface area contributed by atoms with Gasteiger partial charge < -0.3 is 10.0 Å². The molecule has 4 nitrogen and oxygen atoms in total. The maximum atomic E-state index is 10.9. The van der Waals surface area contributed by atoms with Crippen LogP contribution in [0.3, 0.4) is 0 Å². The third-order valence-electron chi connectivity index (χ3n) is 3.29. The van der Waals surface area contributed by atoms with Crippen LogP contribution < -0.4 is 4.90 Å². The van der Waals surface area contributed by atoms with Crippen molar-refractivity contribution in [2.75, 3.05) is 11.4 Å². The van der Waals surface area contributed by atoms with E-state index in [0.717, 1.165) is 23.8 Å². The highest BCUT2D eigenvalue weighted by Crippen LogP contribution is 2.36.